The molecule has 1 saturated heterocycles. The molecule has 2 heterocycles. The SMILES string of the molecule is NCCCCN1CCN(c2nnc3ccccc3n2)CC1. The van der Waals surface area contributed by atoms with Gasteiger partial charge in [-0.1, -0.05) is 12.1 Å². The van der Waals surface area contributed by atoms with Gasteiger partial charge in [-0.3, -0.25) is 4.90 Å². The molecule has 1 aliphatic rings. The second-order valence-electron chi connectivity index (χ2n) is 5.42. The zero-order valence-corrected chi connectivity index (χ0v) is 12.3. The number of fused-ring (bicyclic) bond motifs is 1. The van der Waals surface area contributed by atoms with Crippen LogP contribution in [-0.2, 0) is 0 Å². The Morgan fingerprint density at radius 1 is 0.952 bits per heavy atom. The quantitative estimate of drug-likeness (QED) is 0.823. The summed E-state index contributed by atoms with van der Waals surface area (Å²) >= 11 is 0. The lowest BCUT2D eigenvalue weighted by Gasteiger charge is -2.34. The maximum absolute atomic E-state index is 5.54. The fourth-order valence-electron chi connectivity index (χ4n) is 2.66. The van der Waals surface area contributed by atoms with E-state index in [1.54, 1.807) is 0 Å². The van der Waals surface area contributed by atoms with E-state index in [1.807, 2.05) is 24.3 Å². The number of para-hydroxylation sites is 1. The number of rotatable bonds is 5. The van der Waals surface area contributed by atoms with E-state index in [1.165, 1.54) is 6.42 Å². The molecular formula is C15H22N6. The maximum Gasteiger partial charge on any atom is 0.246 e. The smallest absolute Gasteiger partial charge is 0.246 e. The number of piperazine rings is 1. The van der Waals surface area contributed by atoms with Crippen molar-refractivity contribution in [1.82, 2.24) is 20.1 Å². The van der Waals surface area contributed by atoms with Gasteiger partial charge in [-0.2, -0.15) is 0 Å². The fourth-order valence-corrected chi connectivity index (χ4v) is 2.66. The van der Waals surface area contributed by atoms with Crippen molar-refractivity contribution < 1.29 is 0 Å². The predicted octanol–water partition coefficient (Wildman–Crippen LogP) is 0.886. The summed E-state index contributed by atoms with van der Waals surface area (Å²) < 4.78 is 0. The minimum Gasteiger partial charge on any atom is -0.337 e. The Balaban J connectivity index is 1.60. The molecule has 2 N–H and O–H groups in total. The van der Waals surface area contributed by atoms with E-state index in [-0.39, 0.29) is 0 Å². The van der Waals surface area contributed by atoms with Crippen molar-refractivity contribution in [2.45, 2.75) is 12.8 Å². The van der Waals surface area contributed by atoms with Gasteiger partial charge in [0.2, 0.25) is 5.95 Å². The van der Waals surface area contributed by atoms with Crippen molar-refractivity contribution in [1.29, 1.82) is 0 Å². The molecule has 1 fully saturated rings. The van der Waals surface area contributed by atoms with Crippen LogP contribution in [-0.4, -0.2) is 59.3 Å². The molecule has 6 heteroatoms. The number of hydrogen-bond acceptors (Lipinski definition) is 6. The summed E-state index contributed by atoms with van der Waals surface area (Å²) in [4.78, 5) is 9.32. The number of nitrogens with zero attached hydrogens (tertiary/aromatic N) is 5. The Labute approximate surface area is 125 Å². The molecule has 1 aliphatic heterocycles. The van der Waals surface area contributed by atoms with Gasteiger partial charge in [0.15, 0.2) is 0 Å². The lowest BCUT2D eigenvalue weighted by Crippen LogP contribution is -2.47. The number of hydrogen-bond donors (Lipinski definition) is 1. The van der Waals surface area contributed by atoms with E-state index in [2.05, 4.69) is 25.0 Å². The highest BCUT2D eigenvalue weighted by atomic mass is 15.4. The van der Waals surface area contributed by atoms with Crippen LogP contribution in [0.5, 0.6) is 0 Å². The molecular weight excluding hydrogens is 264 g/mol. The molecule has 3 rings (SSSR count). The van der Waals surface area contributed by atoms with Gasteiger partial charge < -0.3 is 10.6 Å². The third kappa shape index (κ3) is 3.46. The Hall–Kier alpha value is -1.79. The van der Waals surface area contributed by atoms with E-state index in [9.17, 15) is 0 Å². The minimum atomic E-state index is 0.746. The number of benzene rings is 1. The molecule has 0 unspecified atom stereocenters. The third-order valence-corrected chi connectivity index (χ3v) is 3.93. The Morgan fingerprint density at radius 2 is 1.71 bits per heavy atom. The van der Waals surface area contributed by atoms with Crippen molar-refractivity contribution in [3.8, 4) is 0 Å². The average Bonchev–Trinajstić information content (AvgIpc) is 2.55. The van der Waals surface area contributed by atoms with Gasteiger partial charge in [0.25, 0.3) is 0 Å². The molecule has 0 radical (unpaired) electrons. The van der Waals surface area contributed by atoms with Crippen LogP contribution in [0.1, 0.15) is 12.8 Å². The van der Waals surface area contributed by atoms with Crippen LogP contribution in [0.15, 0.2) is 24.3 Å². The summed E-state index contributed by atoms with van der Waals surface area (Å²) in [6, 6.07) is 7.86. The highest BCUT2D eigenvalue weighted by molar-refractivity contribution is 5.74. The van der Waals surface area contributed by atoms with Gasteiger partial charge in [-0.25, -0.2) is 4.98 Å². The monoisotopic (exact) mass is 286 g/mol. The second kappa shape index (κ2) is 6.78. The molecule has 21 heavy (non-hydrogen) atoms. The number of anilines is 1. The molecule has 1 aromatic carbocycles. The topological polar surface area (TPSA) is 71.2 Å². The number of unbranched alkanes of at least 4 members (excludes halogenated alkanes) is 1. The lowest BCUT2D eigenvalue weighted by atomic mass is 10.2. The molecule has 2 aromatic rings. The van der Waals surface area contributed by atoms with Gasteiger partial charge in [-0.15, -0.1) is 10.2 Å². The summed E-state index contributed by atoms with van der Waals surface area (Å²) in [6.07, 6.45) is 2.29. The lowest BCUT2D eigenvalue weighted by molar-refractivity contribution is 0.252. The first-order chi connectivity index (χ1) is 10.4. The summed E-state index contributed by atoms with van der Waals surface area (Å²) in [7, 11) is 0. The van der Waals surface area contributed by atoms with E-state index < -0.39 is 0 Å². The van der Waals surface area contributed by atoms with Crippen LogP contribution in [0, 0.1) is 0 Å². The minimum absolute atomic E-state index is 0.746. The van der Waals surface area contributed by atoms with E-state index in [0.717, 1.165) is 62.7 Å². The molecule has 0 spiro atoms. The van der Waals surface area contributed by atoms with Crippen LogP contribution in [0.25, 0.3) is 11.0 Å². The van der Waals surface area contributed by atoms with Crippen molar-refractivity contribution in [2.75, 3.05) is 44.2 Å². The molecule has 6 nitrogen and oxygen atoms in total. The van der Waals surface area contributed by atoms with Gasteiger partial charge in [0.05, 0.1) is 5.52 Å². The highest BCUT2D eigenvalue weighted by Gasteiger charge is 2.19. The molecule has 0 aliphatic carbocycles. The van der Waals surface area contributed by atoms with Crippen molar-refractivity contribution in [3.63, 3.8) is 0 Å². The first kappa shape index (κ1) is 14.2. The first-order valence-corrected chi connectivity index (χ1v) is 7.63. The summed E-state index contributed by atoms with van der Waals surface area (Å²) in [5.41, 5.74) is 7.30. The van der Waals surface area contributed by atoms with Crippen LogP contribution >= 0.6 is 0 Å². The zero-order valence-electron chi connectivity index (χ0n) is 12.3. The van der Waals surface area contributed by atoms with E-state index in [4.69, 9.17) is 5.73 Å². The van der Waals surface area contributed by atoms with E-state index >= 15 is 0 Å². The van der Waals surface area contributed by atoms with Crippen molar-refractivity contribution in [2.24, 2.45) is 5.73 Å². The molecule has 112 valence electrons. The fraction of sp³-hybridized carbons (Fsp3) is 0.533. The Kier molecular flexibility index (Phi) is 4.57. The third-order valence-electron chi connectivity index (χ3n) is 3.93. The van der Waals surface area contributed by atoms with Crippen LogP contribution in [0.4, 0.5) is 5.95 Å². The predicted molar refractivity (Wildman–Crippen MR) is 84.3 cm³/mol. The molecule has 0 amide bonds. The molecule has 0 atom stereocenters. The van der Waals surface area contributed by atoms with Crippen LogP contribution in [0.2, 0.25) is 0 Å². The van der Waals surface area contributed by atoms with E-state index in [0.29, 0.717) is 0 Å². The molecule has 1 aromatic heterocycles. The average molecular weight is 286 g/mol. The summed E-state index contributed by atoms with van der Waals surface area (Å²) in [5, 5.41) is 8.52. The largest absolute Gasteiger partial charge is 0.337 e. The zero-order chi connectivity index (χ0) is 14.5. The molecule has 0 saturated carbocycles. The molecule has 0 bridgehead atoms. The second-order valence-corrected chi connectivity index (χ2v) is 5.42. The standard InChI is InChI=1S/C15H22N6/c16-7-3-4-8-20-9-11-21(12-10-20)15-17-13-5-1-2-6-14(13)18-19-15/h1-2,5-6H,3-4,7-12,16H2. The van der Waals surface area contributed by atoms with Gasteiger partial charge in [0.1, 0.15) is 5.52 Å². The van der Waals surface area contributed by atoms with Crippen LogP contribution in [0.3, 0.4) is 0 Å². The first-order valence-electron chi connectivity index (χ1n) is 7.63. The number of nitrogens with two attached hydrogens (primary N) is 1. The van der Waals surface area contributed by atoms with Gasteiger partial charge >= 0.3 is 0 Å². The van der Waals surface area contributed by atoms with Crippen molar-refractivity contribution >= 4 is 17.0 Å². The normalized spacial score (nSPS) is 16.5. The number of aromatic nitrogens is 3. The maximum atomic E-state index is 5.54. The summed E-state index contributed by atoms with van der Waals surface area (Å²) in [5.74, 6) is 0.746. The Morgan fingerprint density at radius 3 is 2.48 bits per heavy atom. The van der Waals surface area contributed by atoms with Gasteiger partial charge in [0, 0.05) is 26.2 Å². The Bertz CT molecular complexity index is 579. The van der Waals surface area contributed by atoms with Crippen molar-refractivity contribution in [3.05, 3.63) is 24.3 Å². The summed E-state index contributed by atoms with van der Waals surface area (Å²) in [6.45, 7) is 5.96. The van der Waals surface area contributed by atoms with Crippen LogP contribution < -0.4 is 10.6 Å². The van der Waals surface area contributed by atoms with Gasteiger partial charge in [-0.05, 0) is 38.1 Å². The highest BCUT2D eigenvalue weighted by Crippen LogP contribution is 2.14.